The Morgan fingerprint density at radius 1 is 1.23 bits per heavy atom. The summed E-state index contributed by atoms with van der Waals surface area (Å²) in [7, 11) is 0. The van der Waals surface area contributed by atoms with Gasteiger partial charge in [-0.05, 0) is 63.6 Å². The molecule has 1 aliphatic heterocycles. The Labute approximate surface area is 160 Å². The fourth-order valence-corrected chi connectivity index (χ4v) is 3.73. The van der Waals surface area contributed by atoms with E-state index < -0.39 is 5.60 Å². The fourth-order valence-electron chi connectivity index (χ4n) is 3.53. The lowest BCUT2D eigenvalue weighted by molar-refractivity contribution is -0.133. The Hall–Kier alpha value is -1.75. The lowest BCUT2D eigenvalue weighted by Gasteiger charge is -2.33. The van der Waals surface area contributed by atoms with Crippen molar-refractivity contribution in [1.82, 2.24) is 10.2 Å². The largest absolute Gasteiger partial charge is 0.444 e. The third kappa shape index (κ3) is 4.91. The van der Waals surface area contributed by atoms with Crippen molar-refractivity contribution < 1.29 is 14.3 Å². The molecule has 5 nitrogen and oxygen atoms in total. The highest BCUT2D eigenvalue weighted by Crippen LogP contribution is 2.49. The Morgan fingerprint density at radius 2 is 1.92 bits per heavy atom. The molecule has 1 N–H and O–H groups in total. The quantitative estimate of drug-likeness (QED) is 0.866. The predicted molar refractivity (Wildman–Crippen MR) is 101 cm³/mol. The number of piperidine rings is 1. The number of carbonyl (C=O) groups excluding carboxylic acids is 2. The SMILES string of the molecule is CC(C)(C)OC(=O)NC1CCN(C(=O)[C@@H]2C[C@@H]2c2cccc(Cl)c2)CC1. The second-order valence-electron chi connectivity index (χ2n) is 8.25. The molecule has 0 radical (unpaired) electrons. The summed E-state index contributed by atoms with van der Waals surface area (Å²) in [5.74, 6) is 0.591. The van der Waals surface area contributed by atoms with Crippen LogP contribution in [0.1, 0.15) is 51.5 Å². The van der Waals surface area contributed by atoms with Crippen molar-refractivity contribution in [2.45, 2.75) is 57.6 Å². The van der Waals surface area contributed by atoms with Crippen LogP contribution in [0.2, 0.25) is 5.02 Å². The third-order valence-corrected chi connectivity index (χ3v) is 5.15. The molecular weight excluding hydrogens is 352 g/mol. The first-order chi connectivity index (χ1) is 12.2. The highest BCUT2D eigenvalue weighted by molar-refractivity contribution is 6.30. The number of likely N-dealkylation sites (tertiary alicyclic amines) is 1. The summed E-state index contributed by atoms with van der Waals surface area (Å²) >= 11 is 6.05. The molecule has 0 bridgehead atoms. The van der Waals surface area contributed by atoms with Crippen LogP contribution in [0.15, 0.2) is 24.3 Å². The van der Waals surface area contributed by atoms with E-state index in [0.717, 1.165) is 29.8 Å². The van der Waals surface area contributed by atoms with Gasteiger partial charge in [-0.1, -0.05) is 23.7 Å². The van der Waals surface area contributed by atoms with Crippen molar-refractivity contribution >= 4 is 23.6 Å². The molecule has 2 amide bonds. The van der Waals surface area contributed by atoms with Crippen LogP contribution in [0.3, 0.4) is 0 Å². The molecule has 2 aliphatic rings. The first kappa shape index (κ1) is 19.0. The highest BCUT2D eigenvalue weighted by Gasteiger charge is 2.46. The molecule has 0 aromatic heterocycles. The number of nitrogens with zero attached hydrogens (tertiary/aromatic N) is 1. The van der Waals surface area contributed by atoms with Crippen LogP contribution in [0, 0.1) is 5.92 Å². The van der Waals surface area contributed by atoms with Crippen LogP contribution in [0.25, 0.3) is 0 Å². The van der Waals surface area contributed by atoms with E-state index in [9.17, 15) is 9.59 Å². The number of halogens is 1. The molecule has 26 heavy (non-hydrogen) atoms. The molecule has 0 unspecified atom stereocenters. The molecular formula is C20H27ClN2O3. The van der Waals surface area contributed by atoms with E-state index in [1.807, 2.05) is 49.9 Å². The summed E-state index contributed by atoms with van der Waals surface area (Å²) < 4.78 is 5.29. The topological polar surface area (TPSA) is 58.6 Å². The number of amides is 2. The van der Waals surface area contributed by atoms with Gasteiger partial charge in [-0.2, -0.15) is 0 Å². The number of benzene rings is 1. The Morgan fingerprint density at radius 3 is 2.54 bits per heavy atom. The number of hydrogen-bond donors (Lipinski definition) is 1. The Kier molecular flexibility index (Phi) is 5.47. The zero-order chi connectivity index (χ0) is 18.9. The molecule has 1 aromatic carbocycles. The monoisotopic (exact) mass is 378 g/mol. The molecule has 3 rings (SSSR count). The molecule has 1 heterocycles. The van der Waals surface area contributed by atoms with Gasteiger partial charge in [-0.15, -0.1) is 0 Å². The van der Waals surface area contributed by atoms with E-state index in [1.54, 1.807) is 0 Å². The van der Waals surface area contributed by atoms with Crippen molar-refractivity contribution in [3.05, 3.63) is 34.9 Å². The number of carbonyl (C=O) groups is 2. The van der Waals surface area contributed by atoms with Gasteiger partial charge < -0.3 is 15.0 Å². The van der Waals surface area contributed by atoms with Gasteiger partial charge >= 0.3 is 6.09 Å². The first-order valence-corrected chi connectivity index (χ1v) is 9.64. The minimum atomic E-state index is -0.498. The lowest BCUT2D eigenvalue weighted by atomic mass is 10.0. The summed E-state index contributed by atoms with van der Waals surface area (Å²) in [6.07, 6.45) is 2.04. The molecule has 142 valence electrons. The molecule has 1 saturated carbocycles. The smallest absolute Gasteiger partial charge is 0.407 e. The van der Waals surface area contributed by atoms with E-state index in [0.29, 0.717) is 19.0 Å². The maximum Gasteiger partial charge on any atom is 0.407 e. The highest BCUT2D eigenvalue weighted by atomic mass is 35.5. The van der Waals surface area contributed by atoms with Gasteiger partial charge in [-0.25, -0.2) is 4.79 Å². The van der Waals surface area contributed by atoms with Crippen molar-refractivity contribution in [2.75, 3.05) is 13.1 Å². The standard InChI is InChI=1S/C20H27ClN2O3/c1-20(2,3)26-19(25)22-15-7-9-23(10-8-15)18(24)17-12-16(17)13-5-4-6-14(21)11-13/h4-6,11,15-17H,7-10,12H2,1-3H3,(H,22,25)/t16-,17-/m1/s1. The second kappa shape index (κ2) is 7.47. The summed E-state index contributed by atoms with van der Waals surface area (Å²) in [4.78, 5) is 26.5. The second-order valence-corrected chi connectivity index (χ2v) is 8.69. The lowest BCUT2D eigenvalue weighted by Crippen LogP contribution is -2.48. The number of hydrogen-bond acceptors (Lipinski definition) is 3. The third-order valence-electron chi connectivity index (χ3n) is 4.91. The van der Waals surface area contributed by atoms with Crippen LogP contribution in [-0.2, 0) is 9.53 Å². The average molecular weight is 379 g/mol. The number of rotatable bonds is 3. The van der Waals surface area contributed by atoms with E-state index in [2.05, 4.69) is 5.32 Å². The van der Waals surface area contributed by atoms with Crippen LogP contribution in [0.5, 0.6) is 0 Å². The van der Waals surface area contributed by atoms with Crippen molar-refractivity contribution in [3.8, 4) is 0 Å². The predicted octanol–water partition coefficient (Wildman–Crippen LogP) is 3.96. The molecule has 1 aromatic rings. The van der Waals surface area contributed by atoms with Crippen LogP contribution in [-0.4, -0.2) is 41.6 Å². The van der Waals surface area contributed by atoms with Gasteiger partial charge in [-0.3, -0.25) is 4.79 Å². The Bertz CT molecular complexity index is 678. The van der Waals surface area contributed by atoms with Crippen molar-refractivity contribution in [1.29, 1.82) is 0 Å². The Balaban J connectivity index is 1.45. The normalized spacial score (nSPS) is 23.5. The van der Waals surface area contributed by atoms with Gasteiger partial charge in [0, 0.05) is 30.1 Å². The van der Waals surface area contributed by atoms with E-state index in [1.165, 1.54) is 0 Å². The zero-order valence-corrected chi connectivity index (χ0v) is 16.4. The average Bonchev–Trinajstić information content (AvgIpc) is 3.34. The summed E-state index contributed by atoms with van der Waals surface area (Å²) in [6, 6.07) is 7.85. The molecule has 2 atom stereocenters. The van der Waals surface area contributed by atoms with Gasteiger partial charge in [0.2, 0.25) is 5.91 Å². The van der Waals surface area contributed by atoms with Crippen molar-refractivity contribution in [2.24, 2.45) is 5.92 Å². The minimum absolute atomic E-state index is 0.0665. The molecule has 0 spiro atoms. The maximum absolute atomic E-state index is 12.7. The van der Waals surface area contributed by atoms with Gasteiger partial charge in [0.05, 0.1) is 0 Å². The fraction of sp³-hybridized carbons (Fsp3) is 0.600. The van der Waals surface area contributed by atoms with Crippen LogP contribution < -0.4 is 5.32 Å². The van der Waals surface area contributed by atoms with E-state index in [-0.39, 0.29) is 24.0 Å². The molecule has 6 heteroatoms. The number of ether oxygens (including phenoxy) is 1. The van der Waals surface area contributed by atoms with Crippen LogP contribution >= 0.6 is 11.6 Å². The summed E-state index contributed by atoms with van der Waals surface area (Å²) in [5, 5.41) is 3.62. The number of alkyl carbamates (subject to hydrolysis) is 1. The maximum atomic E-state index is 12.7. The van der Waals surface area contributed by atoms with Gasteiger partial charge in [0.15, 0.2) is 0 Å². The zero-order valence-electron chi connectivity index (χ0n) is 15.6. The molecule has 1 saturated heterocycles. The van der Waals surface area contributed by atoms with Gasteiger partial charge in [0.25, 0.3) is 0 Å². The van der Waals surface area contributed by atoms with Gasteiger partial charge in [0.1, 0.15) is 5.60 Å². The summed E-state index contributed by atoms with van der Waals surface area (Å²) in [5.41, 5.74) is 0.652. The molecule has 1 aliphatic carbocycles. The van der Waals surface area contributed by atoms with E-state index >= 15 is 0 Å². The first-order valence-electron chi connectivity index (χ1n) is 9.27. The minimum Gasteiger partial charge on any atom is -0.444 e. The van der Waals surface area contributed by atoms with E-state index in [4.69, 9.17) is 16.3 Å². The number of nitrogens with one attached hydrogen (secondary N) is 1. The molecule has 2 fully saturated rings. The summed E-state index contributed by atoms with van der Waals surface area (Å²) in [6.45, 7) is 6.90. The van der Waals surface area contributed by atoms with Crippen LogP contribution in [0.4, 0.5) is 4.79 Å². The van der Waals surface area contributed by atoms with Crippen molar-refractivity contribution in [3.63, 3.8) is 0 Å².